The molecular formula is C30H37FN4O4S. The van der Waals surface area contributed by atoms with Gasteiger partial charge in [0.1, 0.15) is 29.0 Å². The van der Waals surface area contributed by atoms with Crippen molar-refractivity contribution >= 4 is 27.3 Å². The predicted octanol–water partition coefficient (Wildman–Crippen LogP) is 5.57. The van der Waals surface area contributed by atoms with Crippen molar-refractivity contribution in [3.8, 4) is 17.0 Å². The van der Waals surface area contributed by atoms with E-state index in [1.165, 1.54) is 30.3 Å². The van der Waals surface area contributed by atoms with Gasteiger partial charge in [-0.15, -0.1) is 0 Å². The van der Waals surface area contributed by atoms with Gasteiger partial charge in [-0.25, -0.2) is 22.8 Å². The summed E-state index contributed by atoms with van der Waals surface area (Å²) >= 11 is 0. The lowest BCUT2D eigenvalue weighted by molar-refractivity contribution is 0.102. The largest absolute Gasteiger partial charge is 0.493 e. The van der Waals surface area contributed by atoms with Crippen LogP contribution in [0.5, 0.6) is 5.75 Å². The molecule has 1 aromatic carbocycles. The van der Waals surface area contributed by atoms with Crippen LogP contribution in [0, 0.1) is 17.7 Å². The highest BCUT2D eigenvalue weighted by Crippen LogP contribution is 2.38. The quantitative estimate of drug-likeness (QED) is 0.333. The third-order valence-electron chi connectivity index (χ3n) is 6.99. The number of ether oxygens (including phenoxy) is 1. The fourth-order valence-electron chi connectivity index (χ4n) is 5.13. The van der Waals surface area contributed by atoms with E-state index in [0.717, 1.165) is 12.8 Å². The molecule has 1 saturated heterocycles. The number of piperidine rings is 1. The van der Waals surface area contributed by atoms with Gasteiger partial charge in [0.15, 0.2) is 10.8 Å². The van der Waals surface area contributed by atoms with E-state index in [2.05, 4.69) is 30.7 Å². The summed E-state index contributed by atoms with van der Waals surface area (Å²) in [6, 6.07) is 11.9. The number of hydrogen-bond acceptors (Lipinski definition) is 8. The lowest BCUT2D eigenvalue weighted by Gasteiger charge is -2.46. The van der Waals surface area contributed by atoms with Gasteiger partial charge >= 0.3 is 0 Å². The van der Waals surface area contributed by atoms with E-state index in [0.29, 0.717) is 41.9 Å². The summed E-state index contributed by atoms with van der Waals surface area (Å²) in [5.41, 5.74) is 6.47. The fraction of sp³-hybridized carbons (Fsp3) is 0.433. The van der Waals surface area contributed by atoms with Gasteiger partial charge in [0, 0.05) is 23.7 Å². The van der Waals surface area contributed by atoms with Crippen molar-refractivity contribution in [3.05, 3.63) is 59.9 Å². The van der Waals surface area contributed by atoms with E-state index in [-0.39, 0.29) is 27.9 Å². The highest BCUT2D eigenvalue weighted by molar-refractivity contribution is 7.92. The number of nitrogens with two attached hydrogens (primary N) is 1. The standard InChI is InChI=1S/C30H37FN4O4S/c1-19(2)17-39-23-14-21(13-22(31)15-23)25-10-9-24(29(33-25)35-12-11-20(3)16-30(35,4)5)26(36)18-40(37,38)28-8-6-7-27(32)34-28/h6-10,13-15,19-20H,11-12,16-18H2,1-5H3,(H2,32,34). The number of Topliss-reactive ketones (excluding diaryl/α,β-unsaturated/α-hetero) is 1. The van der Waals surface area contributed by atoms with Crippen LogP contribution < -0.4 is 15.4 Å². The first kappa shape index (κ1) is 29.5. The van der Waals surface area contributed by atoms with Crippen LogP contribution in [0.4, 0.5) is 16.0 Å². The van der Waals surface area contributed by atoms with Crippen molar-refractivity contribution in [2.75, 3.05) is 29.5 Å². The second-order valence-electron chi connectivity index (χ2n) is 11.6. The van der Waals surface area contributed by atoms with Gasteiger partial charge in [0.2, 0.25) is 9.84 Å². The SMILES string of the molecule is CC(C)COc1cc(F)cc(-c2ccc(C(=O)CS(=O)(=O)c3cccc(N)n3)c(N3CCC(C)CC3(C)C)n2)c1. The Bertz CT molecular complexity index is 1510. The van der Waals surface area contributed by atoms with Crippen LogP contribution in [0.25, 0.3) is 11.3 Å². The summed E-state index contributed by atoms with van der Waals surface area (Å²) in [4.78, 5) is 24.4. The Kier molecular flexibility index (Phi) is 8.49. The number of nitrogen functional groups attached to an aromatic ring is 1. The molecule has 3 heterocycles. The first-order chi connectivity index (χ1) is 18.7. The minimum absolute atomic E-state index is 0.0521. The number of aromatic nitrogens is 2. The maximum atomic E-state index is 14.6. The first-order valence-electron chi connectivity index (χ1n) is 13.5. The van der Waals surface area contributed by atoms with Crippen molar-refractivity contribution in [2.24, 2.45) is 11.8 Å². The molecular weight excluding hydrogens is 531 g/mol. The Morgan fingerprint density at radius 3 is 2.60 bits per heavy atom. The Balaban J connectivity index is 1.77. The van der Waals surface area contributed by atoms with Gasteiger partial charge in [0.25, 0.3) is 0 Å². The topological polar surface area (TPSA) is 115 Å². The average molecular weight is 569 g/mol. The number of pyridine rings is 2. The Morgan fingerprint density at radius 2 is 1.93 bits per heavy atom. The second-order valence-corrected chi connectivity index (χ2v) is 13.5. The third kappa shape index (κ3) is 6.78. The fourth-order valence-corrected chi connectivity index (χ4v) is 6.31. The molecule has 0 amide bonds. The number of benzene rings is 1. The molecule has 1 atom stereocenters. The van der Waals surface area contributed by atoms with Crippen molar-refractivity contribution in [2.45, 2.75) is 58.0 Å². The molecule has 0 saturated carbocycles. The van der Waals surface area contributed by atoms with Gasteiger partial charge in [-0.1, -0.05) is 26.8 Å². The smallest absolute Gasteiger partial charge is 0.203 e. The number of anilines is 2. The summed E-state index contributed by atoms with van der Waals surface area (Å²) in [7, 11) is -4.06. The molecule has 1 aliphatic rings. The first-order valence-corrected chi connectivity index (χ1v) is 15.1. The maximum absolute atomic E-state index is 14.6. The highest BCUT2D eigenvalue weighted by atomic mass is 32.2. The number of ketones is 1. The van der Waals surface area contributed by atoms with Crippen LogP contribution in [0.3, 0.4) is 0 Å². The van der Waals surface area contributed by atoms with Crippen LogP contribution in [-0.2, 0) is 9.84 Å². The summed E-state index contributed by atoms with van der Waals surface area (Å²) in [5, 5.41) is -0.257. The van der Waals surface area contributed by atoms with Crippen molar-refractivity contribution in [1.82, 2.24) is 9.97 Å². The number of hydrogen-bond donors (Lipinski definition) is 1. The van der Waals surface area contributed by atoms with Crippen LogP contribution in [0.2, 0.25) is 0 Å². The Labute approximate surface area is 235 Å². The van der Waals surface area contributed by atoms with Gasteiger partial charge in [0.05, 0.1) is 17.9 Å². The zero-order valence-corrected chi connectivity index (χ0v) is 24.5. The molecule has 1 unspecified atom stereocenters. The third-order valence-corrected chi connectivity index (χ3v) is 8.50. The molecule has 1 fully saturated rings. The Morgan fingerprint density at radius 1 is 1.18 bits per heavy atom. The van der Waals surface area contributed by atoms with Crippen molar-refractivity contribution in [1.29, 1.82) is 0 Å². The van der Waals surface area contributed by atoms with Gasteiger partial charge in [-0.3, -0.25) is 4.79 Å². The molecule has 1 aliphatic heterocycles. The molecule has 2 N–H and O–H groups in total. The number of carbonyl (C=O) groups excluding carboxylic acids is 1. The minimum Gasteiger partial charge on any atom is -0.493 e. The van der Waals surface area contributed by atoms with Gasteiger partial charge in [-0.2, -0.15) is 0 Å². The molecule has 10 heteroatoms. The molecule has 8 nitrogen and oxygen atoms in total. The number of halogens is 1. The molecule has 3 aromatic rings. The summed E-state index contributed by atoms with van der Waals surface area (Å²) in [6.45, 7) is 11.4. The van der Waals surface area contributed by atoms with Crippen LogP contribution in [-0.4, -0.2) is 48.6 Å². The molecule has 40 heavy (non-hydrogen) atoms. The van der Waals surface area contributed by atoms with Gasteiger partial charge < -0.3 is 15.4 Å². The summed E-state index contributed by atoms with van der Waals surface area (Å²) < 4.78 is 46.5. The molecule has 0 spiro atoms. The normalized spacial score (nSPS) is 17.2. The zero-order chi connectivity index (χ0) is 29.2. The Hall–Kier alpha value is -3.53. The number of carbonyl (C=O) groups is 1. The molecule has 214 valence electrons. The predicted molar refractivity (Wildman–Crippen MR) is 155 cm³/mol. The van der Waals surface area contributed by atoms with Crippen LogP contribution >= 0.6 is 0 Å². The van der Waals surface area contributed by atoms with Crippen molar-refractivity contribution < 1.29 is 22.3 Å². The molecule has 0 aliphatic carbocycles. The highest BCUT2D eigenvalue weighted by Gasteiger charge is 2.36. The zero-order valence-electron chi connectivity index (χ0n) is 23.6. The molecule has 0 bridgehead atoms. The summed E-state index contributed by atoms with van der Waals surface area (Å²) in [5.74, 6) is -0.285. The van der Waals surface area contributed by atoms with E-state index in [4.69, 9.17) is 15.5 Å². The van der Waals surface area contributed by atoms with E-state index in [9.17, 15) is 17.6 Å². The minimum atomic E-state index is -4.06. The van der Waals surface area contributed by atoms with Crippen LogP contribution in [0.1, 0.15) is 57.8 Å². The number of sulfone groups is 1. The van der Waals surface area contributed by atoms with Crippen molar-refractivity contribution in [3.63, 3.8) is 0 Å². The number of rotatable bonds is 9. The lowest BCUT2D eigenvalue weighted by Crippen LogP contribution is -2.50. The average Bonchev–Trinajstić information content (AvgIpc) is 2.86. The second kappa shape index (κ2) is 11.5. The van der Waals surface area contributed by atoms with Gasteiger partial charge in [-0.05, 0) is 74.9 Å². The van der Waals surface area contributed by atoms with E-state index in [1.807, 2.05) is 13.8 Å². The van der Waals surface area contributed by atoms with E-state index in [1.54, 1.807) is 18.2 Å². The van der Waals surface area contributed by atoms with Crippen LogP contribution in [0.15, 0.2) is 53.6 Å². The molecule has 4 rings (SSSR count). The molecule has 0 radical (unpaired) electrons. The maximum Gasteiger partial charge on any atom is 0.203 e. The molecule has 2 aromatic heterocycles. The lowest BCUT2D eigenvalue weighted by atomic mass is 9.83. The number of nitrogens with zero attached hydrogens (tertiary/aromatic N) is 3. The monoisotopic (exact) mass is 568 g/mol. The van der Waals surface area contributed by atoms with E-state index < -0.39 is 27.2 Å². The summed E-state index contributed by atoms with van der Waals surface area (Å²) in [6.07, 6.45) is 1.76. The van der Waals surface area contributed by atoms with E-state index >= 15 is 0 Å².